The number of hydrogen-bond acceptors (Lipinski definition) is 5. The molecule has 0 aromatic rings. The number of esters is 1. The summed E-state index contributed by atoms with van der Waals surface area (Å²) >= 11 is 0. The Balaban J connectivity index is 3.60. The van der Waals surface area contributed by atoms with Crippen LogP contribution in [0.4, 0.5) is 0 Å². The second-order valence-electron chi connectivity index (χ2n) is 1.92. The fourth-order valence-electron chi connectivity index (χ4n) is 0.502. The molecule has 0 saturated heterocycles. The minimum Gasteiger partial charge on any atom is -0.469 e. The molecule has 0 N–H and O–H groups in total. The summed E-state index contributed by atoms with van der Waals surface area (Å²) < 4.78 is 4.26. The van der Waals surface area contributed by atoms with E-state index in [2.05, 4.69) is 9.57 Å². The highest BCUT2D eigenvalue weighted by Gasteiger charge is 2.11. The Morgan fingerprint density at radius 2 is 2.27 bits per heavy atom. The standard InChI is InChI=1S/C5H9NO5/c1-4(11-6(8)9)3-5(7)10-2/h4H,3H2,1-2H3. The Bertz CT molecular complexity index is 157. The van der Waals surface area contributed by atoms with Crippen molar-refractivity contribution in [3.63, 3.8) is 0 Å². The lowest BCUT2D eigenvalue weighted by molar-refractivity contribution is -0.767. The van der Waals surface area contributed by atoms with Gasteiger partial charge < -0.3 is 9.57 Å². The van der Waals surface area contributed by atoms with Crippen molar-refractivity contribution < 1.29 is 19.5 Å². The van der Waals surface area contributed by atoms with Crippen molar-refractivity contribution in [1.82, 2.24) is 0 Å². The van der Waals surface area contributed by atoms with Crippen LogP contribution in [0.2, 0.25) is 0 Å². The molecule has 0 rings (SSSR count). The summed E-state index contributed by atoms with van der Waals surface area (Å²) in [6.07, 6.45) is -0.866. The summed E-state index contributed by atoms with van der Waals surface area (Å²) in [5.74, 6) is -0.528. The molecule has 0 fully saturated rings. The molecular formula is C5H9NO5. The monoisotopic (exact) mass is 163 g/mol. The minimum atomic E-state index is -0.937. The van der Waals surface area contributed by atoms with E-state index in [1.54, 1.807) is 0 Å². The maximum absolute atomic E-state index is 10.5. The van der Waals surface area contributed by atoms with Gasteiger partial charge in [0.1, 0.15) is 6.10 Å². The third-order valence-electron chi connectivity index (χ3n) is 0.948. The predicted molar refractivity (Wildman–Crippen MR) is 34.2 cm³/mol. The van der Waals surface area contributed by atoms with Crippen LogP contribution in [0.25, 0.3) is 0 Å². The number of methoxy groups -OCH3 is 1. The van der Waals surface area contributed by atoms with Gasteiger partial charge in [-0.1, -0.05) is 0 Å². The van der Waals surface area contributed by atoms with Crippen LogP contribution in [0, 0.1) is 10.1 Å². The normalized spacial score (nSPS) is 11.8. The molecule has 11 heavy (non-hydrogen) atoms. The van der Waals surface area contributed by atoms with Gasteiger partial charge in [0.2, 0.25) is 0 Å². The average molecular weight is 163 g/mol. The van der Waals surface area contributed by atoms with Crippen molar-refractivity contribution in [2.75, 3.05) is 7.11 Å². The minimum absolute atomic E-state index is 0.114. The van der Waals surface area contributed by atoms with E-state index in [9.17, 15) is 14.9 Å². The topological polar surface area (TPSA) is 78.7 Å². The van der Waals surface area contributed by atoms with Gasteiger partial charge >= 0.3 is 5.97 Å². The van der Waals surface area contributed by atoms with Gasteiger partial charge in [0, 0.05) is 0 Å². The van der Waals surface area contributed by atoms with Gasteiger partial charge in [-0.15, -0.1) is 10.1 Å². The highest BCUT2D eigenvalue weighted by molar-refractivity contribution is 5.69. The van der Waals surface area contributed by atoms with E-state index >= 15 is 0 Å². The van der Waals surface area contributed by atoms with Crippen LogP contribution >= 0.6 is 0 Å². The average Bonchev–Trinajstić information content (AvgIpc) is 1.85. The van der Waals surface area contributed by atoms with Gasteiger partial charge in [-0.05, 0) is 6.92 Å². The van der Waals surface area contributed by atoms with Crippen LogP contribution < -0.4 is 0 Å². The third kappa shape index (κ3) is 5.13. The molecule has 1 unspecified atom stereocenters. The first-order valence-electron chi connectivity index (χ1n) is 2.94. The lowest BCUT2D eigenvalue weighted by Gasteiger charge is -2.05. The summed E-state index contributed by atoms with van der Waals surface area (Å²) in [6, 6.07) is 0. The van der Waals surface area contributed by atoms with Crippen molar-refractivity contribution in [2.24, 2.45) is 0 Å². The Hall–Kier alpha value is -1.33. The van der Waals surface area contributed by atoms with Crippen molar-refractivity contribution in [1.29, 1.82) is 0 Å². The second-order valence-corrected chi connectivity index (χ2v) is 1.92. The predicted octanol–water partition coefficient (Wildman–Crippen LogP) is 0.146. The first kappa shape index (κ1) is 9.67. The maximum atomic E-state index is 10.5. The molecule has 1 atom stereocenters. The molecule has 0 saturated carbocycles. The summed E-state index contributed by atoms with van der Waals surface area (Å²) in [7, 11) is 1.21. The molecule has 0 amide bonds. The van der Waals surface area contributed by atoms with Crippen LogP contribution in [0.3, 0.4) is 0 Å². The van der Waals surface area contributed by atoms with E-state index in [-0.39, 0.29) is 6.42 Å². The van der Waals surface area contributed by atoms with Crippen LogP contribution in [0.15, 0.2) is 0 Å². The van der Waals surface area contributed by atoms with Crippen LogP contribution in [0.5, 0.6) is 0 Å². The van der Waals surface area contributed by atoms with E-state index in [1.807, 2.05) is 0 Å². The van der Waals surface area contributed by atoms with E-state index < -0.39 is 17.2 Å². The summed E-state index contributed by atoms with van der Waals surface area (Å²) in [6.45, 7) is 1.42. The van der Waals surface area contributed by atoms with Crippen molar-refractivity contribution in [2.45, 2.75) is 19.4 Å². The molecule has 0 aliphatic heterocycles. The summed E-state index contributed by atoms with van der Waals surface area (Å²) in [5, 5.41) is 8.77. The summed E-state index contributed by atoms with van der Waals surface area (Å²) in [5.41, 5.74) is 0. The number of rotatable bonds is 4. The zero-order valence-electron chi connectivity index (χ0n) is 6.27. The maximum Gasteiger partial charge on any atom is 0.307 e. The number of hydrogen-bond donors (Lipinski definition) is 0. The van der Waals surface area contributed by atoms with Gasteiger partial charge in [0.05, 0.1) is 13.5 Å². The van der Waals surface area contributed by atoms with E-state index in [1.165, 1.54) is 14.0 Å². The number of carbonyl (C=O) groups excluding carboxylic acids is 1. The van der Waals surface area contributed by atoms with Gasteiger partial charge in [-0.2, -0.15) is 0 Å². The van der Waals surface area contributed by atoms with E-state index in [4.69, 9.17) is 0 Å². The lowest BCUT2D eigenvalue weighted by atomic mass is 10.3. The number of ether oxygens (including phenoxy) is 1. The highest BCUT2D eigenvalue weighted by Crippen LogP contribution is 1.98. The SMILES string of the molecule is COC(=O)CC(C)O[N+](=O)[O-]. The van der Waals surface area contributed by atoms with Crippen molar-refractivity contribution in [3.05, 3.63) is 10.1 Å². The van der Waals surface area contributed by atoms with Crippen LogP contribution in [-0.2, 0) is 14.4 Å². The Morgan fingerprint density at radius 1 is 1.73 bits per heavy atom. The van der Waals surface area contributed by atoms with Gasteiger partial charge in [-0.3, -0.25) is 4.79 Å². The molecule has 6 nitrogen and oxygen atoms in total. The Kier molecular flexibility index (Phi) is 3.94. The molecule has 0 spiro atoms. The van der Waals surface area contributed by atoms with Crippen LogP contribution in [-0.4, -0.2) is 24.3 Å². The molecule has 0 aliphatic carbocycles. The molecule has 6 heteroatoms. The highest BCUT2D eigenvalue weighted by atomic mass is 17.0. The van der Waals surface area contributed by atoms with Gasteiger partial charge in [0.15, 0.2) is 0 Å². The van der Waals surface area contributed by atoms with Crippen LogP contribution in [0.1, 0.15) is 13.3 Å². The first-order chi connectivity index (χ1) is 5.06. The molecule has 64 valence electrons. The first-order valence-corrected chi connectivity index (χ1v) is 2.94. The van der Waals surface area contributed by atoms with Crippen molar-refractivity contribution >= 4 is 5.97 Å². The largest absolute Gasteiger partial charge is 0.469 e. The Labute approximate surface area is 63.2 Å². The lowest BCUT2D eigenvalue weighted by Crippen LogP contribution is -2.18. The molecular weight excluding hydrogens is 154 g/mol. The molecule has 0 aliphatic rings. The molecule has 0 aromatic heterocycles. The smallest absolute Gasteiger partial charge is 0.307 e. The van der Waals surface area contributed by atoms with Gasteiger partial charge in [-0.25, -0.2) is 0 Å². The van der Waals surface area contributed by atoms with E-state index in [0.29, 0.717) is 0 Å². The molecule has 0 radical (unpaired) electrons. The quantitative estimate of drug-likeness (QED) is 0.334. The molecule has 0 bridgehead atoms. The van der Waals surface area contributed by atoms with Crippen molar-refractivity contribution in [3.8, 4) is 0 Å². The molecule has 0 heterocycles. The number of nitrogens with zero attached hydrogens (tertiary/aromatic N) is 1. The van der Waals surface area contributed by atoms with E-state index in [0.717, 1.165) is 0 Å². The Morgan fingerprint density at radius 3 is 2.64 bits per heavy atom. The fourth-order valence-corrected chi connectivity index (χ4v) is 0.502. The van der Waals surface area contributed by atoms with Gasteiger partial charge in [0.25, 0.3) is 5.09 Å². The third-order valence-corrected chi connectivity index (χ3v) is 0.948. The zero-order chi connectivity index (χ0) is 8.85. The molecule has 0 aromatic carbocycles. The second kappa shape index (κ2) is 4.48. The fraction of sp³-hybridized carbons (Fsp3) is 0.800. The summed E-state index contributed by atoms with van der Waals surface area (Å²) in [4.78, 5) is 24.2. The number of carbonyl (C=O) groups is 1. The zero-order valence-corrected chi connectivity index (χ0v) is 6.27.